The summed E-state index contributed by atoms with van der Waals surface area (Å²) in [6.45, 7) is 0.562. The number of hydrogen-bond donors (Lipinski definition) is 2. The van der Waals surface area contributed by atoms with E-state index in [-0.39, 0.29) is 43.8 Å². The predicted octanol–water partition coefficient (Wildman–Crippen LogP) is 0.583. The zero-order valence-electron chi connectivity index (χ0n) is 14.3. The highest BCUT2D eigenvalue weighted by Crippen LogP contribution is 2.50. The monoisotopic (exact) mass is 350 g/mol. The van der Waals surface area contributed by atoms with E-state index >= 15 is 0 Å². The van der Waals surface area contributed by atoms with Crippen molar-refractivity contribution in [2.75, 3.05) is 33.4 Å². The molecule has 0 radical (unpaired) electrons. The minimum Gasteiger partial charge on any atom is -0.385 e. The van der Waals surface area contributed by atoms with Crippen LogP contribution in [-0.2, 0) is 19.7 Å². The number of amides is 2. The van der Waals surface area contributed by atoms with Crippen molar-refractivity contribution >= 4 is 11.8 Å². The van der Waals surface area contributed by atoms with E-state index in [0.717, 1.165) is 0 Å². The Kier molecular flexibility index (Phi) is 4.79. The average molecular weight is 350 g/mol. The summed E-state index contributed by atoms with van der Waals surface area (Å²) in [4.78, 5) is 26.3. The van der Waals surface area contributed by atoms with Crippen molar-refractivity contribution in [1.82, 2.24) is 10.2 Å². The van der Waals surface area contributed by atoms with Crippen LogP contribution in [0, 0.1) is 5.82 Å². The largest absolute Gasteiger partial charge is 0.385 e. The quantitative estimate of drug-likeness (QED) is 0.833. The summed E-state index contributed by atoms with van der Waals surface area (Å²) < 4.78 is 19.6. The Labute approximate surface area is 146 Å². The van der Waals surface area contributed by atoms with Crippen LogP contribution in [0.2, 0.25) is 0 Å². The molecule has 2 aliphatic rings. The lowest BCUT2D eigenvalue weighted by molar-refractivity contribution is -0.139. The van der Waals surface area contributed by atoms with Crippen LogP contribution >= 0.6 is 0 Å². The minimum absolute atomic E-state index is 0.00451. The van der Waals surface area contributed by atoms with Gasteiger partial charge in [-0.25, -0.2) is 4.39 Å². The van der Waals surface area contributed by atoms with Gasteiger partial charge in [-0.05, 0) is 18.9 Å². The number of ether oxygens (including phenoxy) is 1. The molecule has 2 amide bonds. The van der Waals surface area contributed by atoms with Crippen molar-refractivity contribution in [1.29, 1.82) is 0 Å². The van der Waals surface area contributed by atoms with Crippen LogP contribution in [-0.4, -0.2) is 60.8 Å². The molecule has 0 bridgehead atoms. The molecule has 1 aliphatic carbocycles. The van der Waals surface area contributed by atoms with E-state index in [2.05, 4.69) is 5.32 Å². The zero-order valence-corrected chi connectivity index (χ0v) is 14.3. The standard InChI is InChI=1S/C18H23FN2O4/c1-20-15(22)10-17(24)11-21(8-9-25-12-17)16(23)18(6-7-18)13-4-2-3-5-14(13)19/h2-5,24H,6-12H2,1H3,(H,20,22). The Morgan fingerprint density at radius 1 is 1.36 bits per heavy atom. The van der Waals surface area contributed by atoms with Crippen LogP contribution in [0.1, 0.15) is 24.8 Å². The number of hydrogen-bond acceptors (Lipinski definition) is 4. The molecule has 1 saturated carbocycles. The second-order valence-electron chi connectivity index (χ2n) is 6.92. The summed E-state index contributed by atoms with van der Waals surface area (Å²) >= 11 is 0. The number of aliphatic hydroxyl groups is 1. The molecule has 1 atom stereocenters. The van der Waals surface area contributed by atoms with Crippen LogP contribution < -0.4 is 5.32 Å². The highest BCUT2D eigenvalue weighted by Gasteiger charge is 2.55. The van der Waals surface area contributed by atoms with Gasteiger partial charge in [0.25, 0.3) is 0 Å². The third-order valence-electron chi connectivity index (χ3n) is 4.97. The molecule has 7 heteroatoms. The van der Waals surface area contributed by atoms with Gasteiger partial charge in [0, 0.05) is 19.2 Å². The van der Waals surface area contributed by atoms with E-state index in [1.165, 1.54) is 18.0 Å². The normalized spacial score (nSPS) is 25.2. The van der Waals surface area contributed by atoms with E-state index in [4.69, 9.17) is 4.74 Å². The molecule has 6 nitrogen and oxygen atoms in total. The van der Waals surface area contributed by atoms with Crippen LogP contribution in [0.25, 0.3) is 0 Å². The molecular weight excluding hydrogens is 327 g/mol. The van der Waals surface area contributed by atoms with Gasteiger partial charge in [0.15, 0.2) is 0 Å². The number of carbonyl (C=O) groups is 2. The SMILES string of the molecule is CNC(=O)CC1(O)COCCN(C(=O)C2(c3ccccc3F)CC2)C1. The third kappa shape index (κ3) is 3.52. The first-order chi connectivity index (χ1) is 11.9. The maximum atomic E-state index is 14.2. The summed E-state index contributed by atoms with van der Waals surface area (Å²) in [5.74, 6) is -0.922. The molecule has 1 aromatic rings. The van der Waals surface area contributed by atoms with Crippen molar-refractivity contribution < 1.29 is 23.8 Å². The molecule has 2 fully saturated rings. The van der Waals surface area contributed by atoms with Crippen LogP contribution in [0.15, 0.2) is 24.3 Å². The van der Waals surface area contributed by atoms with Gasteiger partial charge in [0.2, 0.25) is 11.8 Å². The topological polar surface area (TPSA) is 78.9 Å². The third-order valence-corrected chi connectivity index (χ3v) is 4.97. The summed E-state index contributed by atoms with van der Waals surface area (Å²) in [6.07, 6.45) is 1.01. The highest BCUT2D eigenvalue weighted by molar-refractivity contribution is 5.91. The summed E-state index contributed by atoms with van der Waals surface area (Å²) in [5.41, 5.74) is -1.90. The van der Waals surface area contributed by atoms with Gasteiger partial charge in [0.05, 0.1) is 31.6 Å². The molecule has 1 aromatic carbocycles. The molecule has 1 saturated heterocycles. The fourth-order valence-electron chi connectivity index (χ4n) is 3.46. The molecule has 0 aromatic heterocycles. The van der Waals surface area contributed by atoms with Gasteiger partial charge >= 0.3 is 0 Å². The fraction of sp³-hybridized carbons (Fsp3) is 0.556. The number of β-amino-alcohol motifs (C(OH)–C–C–N with tert-alkyl or cyclic N) is 1. The van der Waals surface area contributed by atoms with Gasteiger partial charge < -0.3 is 20.1 Å². The molecular formula is C18H23FN2O4. The Morgan fingerprint density at radius 2 is 2.08 bits per heavy atom. The van der Waals surface area contributed by atoms with Crippen molar-refractivity contribution in [3.63, 3.8) is 0 Å². The molecule has 2 N–H and O–H groups in total. The maximum Gasteiger partial charge on any atom is 0.233 e. The zero-order chi connectivity index (χ0) is 18.1. The number of nitrogens with one attached hydrogen (secondary N) is 1. The molecule has 136 valence electrons. The van der Waals surface area contributed by atoms with E-state index < -0.39 is 11.0 Å². The molecule has 1 aliphatic heterocycles. The molecule has 1 heterocycles. The first-order valence-electron chi connectivity index (χ1n) is 8.45. The van der Waals surface area contributed by atoms with E-state index in [9.17, 15) is 19.1 Å². The van der Waals surface area contributed by atoms with Crippen LogP contribution in [0.3, 0.4) is 0 Å². The van der Waals surface area contributed by atoms with Gasteiger partial charge in [-0.2, -0.15) is 0 Å². The Hall–Kier alpha value is -1.99. The first kappa shape index (κ1) is 17.8. The van der Waals surface area contributed by atoms with E-state index in [0.29, 0.717) is 24.9 Å². The number of halogens is 1. The highest BCUT2D eigenvalue weighted by atomic mass is 19.1. The summed E-state index contributed by atoms with van der Waals surface area (Å²) in [6, 6.07) is 6.32. The Bertz CT molecular complexity index is 677. The molecule has 3 rings (SSSR count). The van der Waals surface area contributed by atoms with Crippen LogP contribution in [0.4, 0.5) is 4.39 Å². The maximum absolute atomic E-state index is 14.2. The molecule has 25 heavy (non-hydrogen) atoms. The molecule has 0 spiro atoms. The lowest BCUT2D eigenvalue weighted by Crippen LogP contribution is -2.51. The van der Waals surface area contributed by atoms with Gasteiger partial charge in [-0.3, -0.25) is 9.59 Å². The lowest BCUT2D eigenvalue weighted by atomic mass is 9.92. The van der Waals surface area contributed by atoms with E-state index in [1.807, 2.05) is 0 Å². The van der Waals surface area contributed by atoms with Crippen molar-refractivity contribution in [2.45, 2.75) is 30.3 Å². The van der Waals surface area contributed by atoms with Crippen LogP contribution in [0.5, 0.6) is 0 Å². The second-order valence-corrected chi connectivity index (χ2v) is 6.92. The Morgan fingerprint density at radius 3 is 2.72 bits per heavy atom. The number of carbonyl (C=O) groups excluding carboxylic acids is 2. The lowest BCUT2D eigenvalue weighted by Gasteiger charge is -2.32. The van der Waals surface area contributed by atoms with Gasteiger partial charge in [-0.15, -0.1) is 0 Å². The Balaban J connectivity index is 1.81. The summed E-state index contributed by atoms with van der Waals surface area (Å²) in [5, 5.41) is 13.2. The van der Waals surface area contributed by atoms with Crippen molar-refractivity contribution in [3.8, 4) is 0 Å². The summed E-state index contributed by atoms with van der Waals surface area (Å²) in [7, 11) is 1.49. The van der Waals surface area contributed by atoms with E-state index in [1.54, 1.807) is 18.2 Å². The second kappa shape index (κ2) is 6.72. The number of benzene rings is 1. The van der Waals surface area contributed by atoms with Gasteiger partial charge in [0.1, 0.15) is 11.4 Å². The number of rotatable bonds is 4. The van der Waals surface area contributed by atoms with Crippen molar-refractivity contribution in [2.24, 2.45) is 0 Å². The minimum atomic E-state index is -1.45. The van der Waals surface area contributed by atoms with Crippen molar-refractivity contribution in [3.05, 3.63) is 35.6 Å². The average Bonchev–Trinajstić information content (AvgIpc) is 3.40. The number of nitrogens with zero attached hydrogens (tertiary/aromatic N) is 1. The van der Waals surface area contributed by atoms with Gasteiger partial charge in [-0.1, -0.05) is 18.2 Å². The molecule has 1 unspecified atom stereocenters. The smallest absolute Gasteiger partial charge is 0.233 e. The first-order valence-corrected chi connectivity index (χ1v) is 8.45. The fourth-order valence-corrected chi connectivity index (χ4v) is 3.46. The predicted molar refractivity (Wildman–Crippen MR) is 88.3 cm³/mol.